The minimum Gasteiger partial charge on any atom is -0.329 e. The van der Waals surface area contributed by atoms with Crippen LogP contribution in [0.25, 0.3) is 0 Å². The molecule has 1 atom stereocenters. The number of likely N-dealkylation sites (N-methyl/N-ethyl adjacent to an activating group) is 1. The van der Waals surface area contributed by atoms with Crippen molar-refractivity contribution in [1.82, 2.24) is 19.6 Å². The van der Waals surface area contributed by atoms with Crippen LogP contribution < -0.4 is 5.73 Å². The van der Waals surface area contributed by atoms with E-state index in [0.717, 1.165) is 25.2 Å². The summed E-state index contributed by atoms with van der Waals surface area (Å²) in [6, 6.07) is 0.265. The number of hydrogen-bond acceptors (Lipinski definition) is 4. The van der Waals surface area contributed by atoms with E-state index in [1.165, 1.54) is 5.56 Å². The Labute approximate surface area is 111 Å². The zero-order chi connectivity index (χ0) is 13.7. The van der Waals surface area contributed by atoms with Gasteiger partial charge in [0.25, 0.3) is 0 Å². The van der Waals surface area contributed by atoms with Gasteiger partial charge in [0, 0.05) is 25.4 Å². The standard InChI is InChI=1S/C13H27N5/c1-11-12(10-18(5)15-11)13(9-14)17(4)8-6-7-16(2)3/h10,13H,6-9,14H2,1-5H3. The molecule has 104 valence electrons. The molecule has 0 aliphatic heterocycles. The first-order valence-corrected chi connectivity index (χ1v) is 6.51. The van der Waals surface area contributed by atoms with Crippen LogP contribution in [-0.4, -0.2) is 60.4 Å². The molecule has 18 heavy (non-hydrogen) atoms. The van der Waals surface area contributed by atoms with Crippen molar-refractivity contribution in [2.75, 3.05) is 40.8 Å². The lowest BCUT2D eigenvalue weighted by atomic mass is 10.1. The molecule has 1 aromatic rings. The maximum atomic E-state index is 5.93. The van der Waals surface area contributed by atoms with E-state index in [1.807, 2.05) is 18.7 Å². The summed E-state index contributed by atoms with van der Waals surface area (Å²) in [6.45, 7) is 4.83. The second kappa shape index (κ2) is 6.87. The van der Waals surface area contributed by atoms with Crippen molar-refractivity contribution in [1.29, 1.82) is 0 Å². The van der Waals surface area contributed by atoms with Crippen molar-refractivity contribution < 1.29 is 0 Å². The van der Waals surface area contributed by atoms with Crippen LogP contribution in [0.1, 0.15) is 23.7 Å². The van der Waals surface area contributed by atoms with Gasteiger partial charge < -0.3 is 10.6 Å². The quantitative estimate of drug-likeness (QED) is 0.773. The van der Waals surface area contributed by atoms with Crippen molar-refractivity contribution in [2.24, 2.45) is 12.8 Å². The zero-order valence-corrected chi connectivity index (χ0v) is 12.3. The minimum absolute atomic E-state index is 0.265. The Morgan fingerprint density at radius 1 is 1.33 bits per heavy atom. The van der Waals surface area contributed by atoms with Gasteiger partial charge in [-0.3, -0.25) is 9.58 Å². The third-order valence-electron chi connectivity index (χ3n) is 3.28. The maximum Gasteiger partial charge on any atom is 0.0641 e. The number of nitrogens with two attached hydrogens (primary N) is 1. The van der Waals surface area contributed by atoms with Crippen LogP contribution in [0.2, 0.25) is 0 Å². The summed E-state index contributed by atoms with van der Waals surface area (Å²) in [5.74, 6) is 0. The van der Waals surface area contributed by atoms with Crippen LogP contribution in [0.5, 0.6) is 0 Å². The van der Waals surface area contributed by atoms with Crippen molar-refractivity contribution >= 4 is 0 Å². The molecule has 1 unspecified atom stereocenters. The van der Waals surface area contributed by atoms with Gasteiger partial charge >= 0.3 is 0 Å². The van der Waals surface area contributed by atoms with E-state index < -0.39 is 0 Å². The fourth-order valence-corrected chi connectivity index (χ4v) is 2.28. The molecule has 2 N–H and O–H groups in total. The third-order valence-corrected chi connectivity index (χ3v) is 3.28. The van der Waals surface area contributed by atoms with E-state index in [9.17, 15) is 0 Å². The van der Waals surface area contributed by atoms with Gasteiger partial charge in [-0.05, 0) is 47.6 Å². The predicted octanol–water partition coefficient (Wildman–Crippen LogP) is 0.612. The molecule has 0 aromatic carbocycles. The zero-order valence-electron chi connectivity index (χ0n) is 12.3. The van der Waals surface area contributed by atoms with E-state index in [4.69, 9.17) is 5.73 Å². The molecule has 0 amide bonds. The molecule has 0 aliphatic rings. The second-order valence-corrected chi connectivity index (χ2v) is 5.23. The van der Waals surface area contributed by atoms with Crippen LogP contribution in [0, 0.1) is 6.92 Å². The van der Waals surface area contributed by atoms with E-state index in [-0.39, 0.29) is 6.04 Å². The molecule has 0 bridgehead atoms. The summed E-state index contributed by atoms with van der Waals surface area (Å²) in [4.78, 5) is 4.54. The summed E-state index contributed by atoms with van der Waals surface area (Å²) in [6.07, 6.45) is 3.23. The molecule has 0 saturated carbocycles. The van der Waals surface area contributed by atoms with Crippen LogP contribution in [-0.2, 0) is 7.05 Å². The lowest BCUT2D eigenvalue weighted by molar-refractivity contribution is 0.234. The number of aromatic nitrogens is 2. The van der Waals surface area contributed by atoms with E-state index in [2.05, 4.69) is 42.2 Å². The van der Waals surface area contributed by atoms with E-state index in [1.54, 1.807) is 0 Å². The first kappa shape index (κ1) is 15.1. The van der Waals surface area contributed by atoms with Gasteiger partial charge in [-0.1, -0.05) is 0 Å². The van der Waals surface area contributed by atoms with Crippen LogP contribution in [0.15, 0.2) is 6.20 Å². The number of rotatable bonds is 7. The number of hydrogen-bond donors (Lipinski definition) is 1. The Balaban J connectivity index is 2.62. The minimum atomic E-state index is 0.265. The molecule has 1 heterocycles. The second-order valence-electron chi connectivity index (χ2n) is 5.23. The van der Waals surface area contributed by atoms with Crippen LogP contribution in [0.3, 0.4) is 0 Å². The van der Waals surface area contributed by atoms with Crippen molar-refractivity contribution in [3.05, 3.63) is 17.5 Å². The maximum absolute atomic E-state index is 5.93. The van der Waals surface area contributed by atoms with Crippen LogP contribution in [0.4, 0.5) is 0 Å². The molecular formula is C13H27N5. The smallest absolute Gasteiger partial charge is 0.0641 e. The Bertz CT molecular complexity index is 358. The molecule has 1 aromatic heterocycles. The van der Waals surface area contributed by atoms with Crippen molar-refractivity contribution in [3.8, 4) is 0 Å². The van der Waals surface area contributed by atoms with Gasteiger partial charge in [0.05, 0.1) is 11.7 Å². The van der Waals surface area contributed by atoms with Gasteiger partial charge in [-0.15, -0.1) is 0 Å². The number of aryl methyl sites for hydroxylation is 2. The largest absolute Gasteiger partial charge is 0.329 e. The highest BCUT2D eigenvalue weighted by molar-refractivity contribution is 5.20. The first-order chi connectivity index (χ1) is 8.45. The molecule has 5 nitrogen and oxygen atoms in total. The highest BCUT2D eigenvalue weighted by Crippen LogP contribution is 2.20. The number of nitrogens with zero attached hydrogens (tertiary/aromatic N) is 4. The molecule has 0 saturated heterocycles. The average Bonchev–Trinajstić information content (AvgIpc) is 2.58. The fraction of sp³-hybridized carbons (Fsp3) is 0.769. The first-order valence-electron chi connectivity index (χ1n) is 6.51. The molecule has 1 rings (SSSR count). The Hall–Kier alpha value is -0.910. The fourth-order valence-electron chi connectivity index (χ4n) is 2.28. The van der Waals surface area contributed by atoms with Crippen LogP contribution >= 0.6 is 0 Å². The van der Waals surface area contributed by atoms with Gasteiger partial charge in [-0.25, -0.2) is 0 Å². The SMILES string of the molecule is Cc1nn(C)cc1C(CN)N(C)CCCN(C)C. The lowest BCUT2D eigenvalue weighted by Gasteiger charge is -2.27. The molecule has 5 heteroatoms. The molecular weight excluding hydrogens is 226 g/mol. The topological polar surface area (TPSA) is 50.3 Å². The molecule has 0 radical (unpaired) electrons. The van der Waals surface area contributed by atoms with E-state index in [0.29, 0.717) is 6.54 Å². The van der Waals surface area contributed by atoms with E-state index >= 15 is 0 Å². The summed E-state index contributed by atoms with van der Waals surface area (Å²) < 4.78 is 1.86. The highest BCUT2D eigenvalue weighted by atomic mass is 15.3. The Kier molecular flexibility index (Phi) is 5.78. The molecule has 0 aliphatic carbocycles. The summed E-state index contributed by atoms with van der Waals surface area (Å²) in [5.41, 5.74) is 8.25. The van der Waals surface area contributed by atoms with Gasteiger partial charge in [-0.2, -0.15) is 5.10 Å². The highest BCUT2D eigenvalue weighted by Gasteiger charge is 2.19. The van der Waals surface area contributed by atoms with Gasteiger partial charge in [0.15, 0.2) is 0 Å². The monoisotopic (exact) mass is 253 g/mol. The van der Waals surface area contributed by atoms with Gasteiger partial charge in [0.1, 0.15) is 0 Å². The third kappa shape index (κ3) is 4.08. The Morgan fingerprint density at radius 3 is 2.44 bits per heavy atom. The van der Waals surface area contributed by atoms with Crippen molar-refractivity contribution in [3.63, 3.8) is 0 Å². The summed E-state index contributed by atoms with van der Waals surface area (Å²) >= 11 is 0. The van der Waals surface area contributed by atoms with Crippen molar-refractivity contribution in [2.45, 2.75) is 19.4 Å². The molecule has 0 spiro atoms. The van der Waals surface area contributed by atoms with Gasteiger partial charge in [0.2, 0.25) is 0 Å². The lowest BCUT2D eigenvalue weighted by Crippen LogP contribution is -2.32. The predicted molar refractivity (Wildman–Crippen MR) is 75.5 cm³/mol. The summed E-state index contributed by atoms with van der Waals surface area (Å²) in [5, 5.41) is 4.40. The Morgan fingerprint density at radius 2 is 2.00 bits per heavy atom. The normalized spacial score (nSPS) is 13.6. The summed E-state index contributed by atoms with van der Waals surface area (Å²) in [7, 11) is 8.30. The molecule has 0 fully saturated rings. The average molecular weight is 253 g/mol.